The van der Waals surface area contributed by atoms with Crippen LogP contribution in [0.15, 0.2) is 42.5 Å². The van der Waals surface area contributed by atoms with E-state index in [9.17, 15) is 45.1 Å². The molecule has 2 atom stereocenters. The number of alkyl halides is 6. The van der Waals surface area contributed by atoms with Gasteiger partial charge >= 0.3 is 18.4 Å². The Hall–Kier alpha value is -3.84. The Morgan fingerprint density at radius 2 is 1.42 bits per heavy atom. The van der Waals surface area contributed by atoms with Crippen molar-refractivity contribution in [1.82, 2.24) is 15.1 Å². The summed E-state index contributed by atoms with van der Waals surface area (Å²) in [7, 11) is 2.46. The van der Waals surface area contributed by atoms with Crippen LogP contribution in [0, 0.1) is 17.7 Å². The van der Waals surface area contributed by atoms with Crippen molar-refractivity contribution in [3.63, 3.8) is 0 Å². The maximum atomic E-state index is 13.7. The minimum absolute atomic E-state index is 0.0101. The zero-order chi connectivity index (χ0) is 33.3. The van der Waals surface area contributed by atoms with Crippen molar-refractivity contribution >= 4 is 23.5 Å². The second-order valence-electron chi connectivity index (χ2n) is 11.8. The third kappa shape index (κ3) is 8.06. The van der Waals surface area contributed by atoms with Gasteiger partial charge in [0.1, 0.15) is 5.82 Å². The van der Waals surface area contributed by atoms with E-state index in [4.69, 9.17) is 0 Å². The molecule has 246 valence electrons. The zero-order valence-electron chi connectivity index (χ0n) is 25.0. The number of carbonyl (C=O) groups excluding carboxylic acids is 3. The molecule has 0 aromatic heterocycles. The highest BCUT2D eigenvalue weighted by Gasteiger charge is 2.43. The number of urea groups is 1. The first kappa shape index (κ1) is 34.0. The minimum Gasteiger partial charge on any atom is -0.356 e. The number of carbonyl (C=O) groups is 3. The Morgan fingerprint density at radius 1 is 0.867 bits per heavy atom. The van der Waals surface area contributed by atoms with E-state index in [1.165, 1.54) is 43.1 Å². The maximum absolute atomic E-state index is 13.7. The van der Waals surface area contributed by atoms with Crippen molar-refractivity contribution in [2.24, 2.45) is 11.8 Å². The Labute approximate surface area is 256 Å². The molecule has 14 heteroatoms. The van der Waals surface area contributed by atoms with Crippen LogP contribution < -0.4 is 10.2 Å². The van der Waals surface area contributed by atoms with Gasteiger partial charge in [-0.15, -0.1) is 0 Å². The first-order chi connectivity index (χ1) is 21.0. The fraction of sp³-hybridized carbons (Fsp3) is 0.516. The lowest BCUT2D eigenvalue weighted by Gasteiger charge is -2.33. The molecule has 45 heavy (non-hydrogen) atoms. The summed E-state index contributed by atoms with van der Waals surface area (Å²) in [6.45, 7) is 2.23. The Morgan fingerprint density at radius 3 is 1.93 bits per heavy atom. The predicted molar refractivity (Wildman–Crippen MR) is 152 cm³/mol. The van der Waals surface area contributed by atoms with Crippen LogP contribution in [0.2, 0.25) is 0 Å². The molecule has 4 rings (SSSR count). The number of anilines is 1. The molecule has 2 aromatic rings. The summed E-state index contributed by atoms with van der Waals surface area (Å²) in [5, 5.41) is 2.80. The largest absolute Gasteiger partial charge is 0.416 e. The molecule has 1 aliphatic carbocycles. The standard InChI is InChI=1S/C31H35F7N4O3/c1-18(43)39-15-19-4-6-21(7-5-19)28(44)42-16-26(20-8-10-24(32)11-9-20)27(17-42)41(3)29(45)40(2)25-13-22(30(33,34)35)12-23(14-25)31(36,37)38/h8-14,19,21,26-27H,4-7,15-17H2,1-3H3,(H,39,43)/t19?,21?,26-,27+/m0/s1. The average Bonchev–Trinajstić information content (AvgIpc) is 3.43. The van der Waals surface area contributed by atoms with E-state index < -0.39 is 53.0 Å². The first-order valence-corrected chi connectivity index (χ1v) is 14.5. The highest BCUT2D eigenvalue weighted by Crippen LogP contribution is 2.39. The molecule has 7 nitrogen and oxygen atoms in total. The second kappa shape index (κ2) is 13.3. The van der Waals surface area contributed by atoms with Crippen molar-refractivity contribution < 1.29 is 45.1 Å². The van der Waals surface area contributed by atoms with E-state index in [-0.39, 0.29) is 42.8 Å². The molecule has 0 unspecified atom stereocenters. The van der Waals surface area contributed by atoms with Crippen LogP contribution in [0.5, 0.6) is 0 Å². The minimum atomic E-state index is -5.09. The third-order valence-electron chi connectivity index (χ3n) is 8.78. The van der Waals surface area contributed by atoms with Gasteiger partial charge in [0.25, 0.3) is 0 Å². The number of hydrogen-bond acceptors (Lipinski definition) is 3. The van der Waals surface area contributed by atoms with E-state index in [0.29, 0.717) is 42.0 Å². The second-order valence-corrected chi connectivity index (χ2v) is 11.8. The van der Waals surface area contributed by atoms with E-state index in [1.54, 1.807) is 4.90 Å². The summed E-state index contributed by atoms with van der Waals surface area (Å²) >= 11 is 0. The third-order valence-corrected chi connectivity index (χ3v) is 8.78. The number of nitrogens with zero attached hydrogens (tertiary/aromatic N) is 3. The summed E-state index contributed by atoms with van der Waals surface area (Å²) in [6.07, 6.45) is -7.46. The van der Waals surface area contributed by atoms with Gasteiger partial charge in [-0.25, -0.2) is 9.18 Å². The SMILES string of the molecule is CC(=O)NCC1CCC(C(=O)N2C[C@@H](N(C)C(=O)N(C)c3cc(C(F)(F)F)cc(C(F)(F)F)c3)[C@H](c3ccc(F)cc3)C2)CC1. The summed E-state index contributed by atoms with van der Waals surface area (Å²) in [6, 6.07) is 4.88. The van der Waals surface area contributed by atoms with E-state index in [1.807, 2.05) is 0 Å². The predicted octanol–water partition coefficient (Wildman–Crippen LogP) is 6.29. The number of halogens is 7. The molecule has 2 fully saturated rings. The van der Waals surface area contributed by atoms with Crippen LogP contribution in [-0.2, 0) is 21.9 Å². The van der Waals surface area contributed by atoms with Gasteiger partial charge in [0, 0.05) is 58.2 Å². The molecular weight excluding hydrogens is 609 g/mol. The highest BCUT2D eigenvalue weighted by atomic mass is 19.4. The van der Waals surface area contributed by atoms with Crippen LogP contribution >= 0.6 is 0 Å². The van der Waals surface area contributed by atoms with Gasteiger partial charge in [0.2, 0.25) is 11.8 Å². The topological polar surface area (TPSA) is 73.0 Å². The molecule has 4 amide bonds. The molecule has 2 aliphatic rings. The molecule has 0 bridgehead atoms. The van der Waals surface area contributed by atoms with E-state index in [0.717, 1.165) is 19.9 Å². The number of nitrogens with one attached hydrogen (secondary N) is 1. The summed E-state index contributed by atoms with van der Waals surface area (Å²) in [5.41, 5.74) is -3.09. The van der Waals surface area contributed by atoms with Crippen molar-refractivity contribution in [3.8, 4) is 0 Å². The number of rotatable bonds is 6. The highest BCUT2D eigenvalue weighted by molar-refractivity contribution is 5.92. The molecule has 1 N–H and O–H groups in total. The molecule has 2 aromatic carbocycles. The van der Waals surface area contributed by atoms with Gasteiger partial charge in [-0.05, 0) is 67.5 Å². The monoisotopic (exact) mass is 644 g/mol. The fourth-order valence-corrected chi connectivity index (χ4v) is 6.18. The zero-order valence-corrected chi connectivity index (χ0v) is 25.0. The van der Waals surface area contributed by atoms with Crippen LogP contribution in [0.1, 0.15) is 55.2 Å². The smallest absolute Gasteiger partial charge is 0.356 e. The van der Waals surface area contributed by atoms with Crippen molar-refractivity contribution in [3.05, 3.63) is 65.0 Å². The normalized spacial score (nSPS) is 22.2. The lowest BCUT2D eigenvalue weighted by Crippen LogP contribution is -2.48. The van der Waals surface area contributed by atoms with E-state index in [2.05, 4.69) is 5.32 Å². The number of hydrogen-bond donors (Lipinski definition) is 1. The van der Waals surface area contributed by atoms with E-state index >= 15 is 0 Å². The van der Waals surface area contributed by atoms with Gasteiger partial charge in [-0.2, -0.15) is 26.3 Å². The number of amides is 4. The average molecular weight is 645 g/mol. The van der Waals surface area contributed by atoms with Crippen LogP contribution in [0.4, 0.5) is 41.2 Å². The van der Waals surface area contributed by atoms with Crippen molar-refractivity contribution in [2.45, 2.75) is 56.9 Å². The lowest BCUT2D eigenvalue weighted by atomic mass is 9.81. The van der Waals surface area contributed by atoms with Gasteiger partial charge in [0.05, 0.1) is 17.2 Å². The molecular formula is C31H35F7N4O3. The van der Waals surface area contributed by atoms with Gasteiger partial charge < -0.3 is 15.1 Å². The molecule has 0 spiro atoms. The quantitative estimate of drug-likeness (QED) is 0.376. The first-order valence-electron chi connectivity index (χ1n) is 14.5. The van der Waals surface area contributed by atoms with Gasteiger partial charge in [-0.1, -0.05) is 12.1 Å². The van der Waals surface area contributed by atoms with Gasteiger partial charge in [-0.3, -0.25) is 14.5 Å². The molecule has 0 radical (unpaired) electrons. The molecule has 1 saturated heterocycles. The fourth-order valence-electron chi connectivity index (χ4n) is 6.18. The number of likely N-dealkylation sites (tertiary alicyclic amines) is 1. The maximum Gasteiger partial charge on any atom is 0.416 e. The lowest BCUT2D eigenvalue weighted by molar-refractivity contribution is -0.143. The Bertz CT molecular complexity index is 1360. The van der Waals surface area contributed by atoms with Gasteiger partial charge in [0.15, 0.2) is 0 Å². The van der Waals surface area contributed by atoms with Crippen LogP contribution in [0.3, 0.4) is 0 Å². The molecule has 1 heterocycles. The Kier molecular flexibility index (Phi) is 10.0. The number of likely N-dealkylation sites (N-methyl/N-ethyl adjacent to an activating group) is 1. The van der Waals surface area contributed by atoms with Crippen LogP contribution in [0.25, 0.3) is 0 Å². The number of benzene rings is 2. The molecule has 1 saturated carbocycles. The van der Waals surface area contributed by atoms with Crippen molar-refractivity contribution in [1.29, 1.82) is 0 Å². The van der Waals surface area contributed by atoms with Crippen LogP contribution in [-0.4, -0.2) is 67.4 Å². The summed E-state index contributed by atoms with van der Waals surface area (Å²) < 4.78 is 94.6. The summed E-state index contributed by atoms with van der Waals surface area (Å²) in [5.74, 6) is -1.26. The summed E-state index contributed by atoms with van der Waals surface area (Å²) in [4.78, 5) is 42.0. The Balaban J connectivity index is 1.56. The molecule has 1 aliphatic heterocycles. The van der Waals surface area contributed by atoms with Crippen molar-refractivity contribution in [2.75, 3.05) is 38.6 Å².